The lowest BCUT2D eigenvalue weighted by atomic mass is 9.91. The Hall–Kier alpha value is -0.980. The normalized spacial score (nSPS) is 21.8. The zero-order valence-electron chi connectivity index (χ0n) is 13.4. The van der Waals surface area contributed by atoms with Crippen LogP contribution in [-0.4, -0.2) is 31.9 Å². The molecule has 0 radical (unpaired) electrons. The molecule has 128 valence electrons. The van der Waals surface area contributed by atoms with Crippen molar-refractivity contribution in [2.24, 2.45) is 5.92 Å². The molecule has 0 unspecified atom stereocenters. The number of piperidine rings is 1. The van der Waals surface area contributed by atoms with Gasteiger partial charge in [-0.25, -0.2) is 4.39 Å². The molecular weight excluding hydrogens is 315 g/mol. The van der Waals surface area contributed by atoms with Gasteiger partial charge < -0.3 is 0 Å². The fraction of sp³-hybridized carbons (Fsp3) is 0.647. The van der Waals surface area contributed by atoms with Crippen LogP contribution in [0.3, 0.4) is 0 Å². The van der Waals surface area contributed by atoms with Gasteiger partial charge in [0.05, 0.1) is 0 Å². The van der Waals surface area contributed by atoms with Gasteiger partial charge in [-0.1, -0.05) is 25.0 Å². The fourth-order valence-corrected chi connectivity index (χ4v) is 5.13. The van der Waals surface area contributed by atoms with Crippen molar-refractivity contribution in [3.8, 4) is 0 Å². The third-order valence-electron chi connectivity index (χ3n) is 5.02. The molecule has 1 aromatic rings. The molecule has 1 aromatic carbocycles. The molecule has 1 saturated heterocycles. The molecule has 2 aliphatic rings. The minimum Gasteiger partial charge on any atom is -0.207 e. The molecule has 0 amide bonds. The van der Waals surface area contributed by atoms with Crippen LogP contribution in [0.2, 0.25) is 0 Å². The van der Waals surface area contributed by atoms with Gasteiger partial charge in [-0.2, -0.15) is 17.4 Å². The second kappa shape index (κ2) is 7.28. The number of halogens is 1. The second-order valence-corrected chi connectivity index (χ2v) is 8.48. The lowest BCUT2D eigenvalue weighted by molar-refractivity contribution is 0.269. The summed E-state index contributed by atoms with van der Waals surface area (Å²) in [7, 11) is -3.33. The van der Waals surface area contributed by atoms with Gasteiger partial charge in [0.1, 0.15) is 5.82 Å². The highest BCUT2D eigenvalue weighted by molar-refractivity contribution is 7.87. The summed E-state index contributed by atoms with van der Waals surface area (Å²) in [6.45, 7) is 1.15. The fourth-order valence-electron chi connectivity index (χ4n) is 3.64. The number of nitrogens with one attached hydrogen (secondary N) is 1. The average Bonchev–Trinajstić information content (AvgIpc) is 3.02. The Morgan fingerprint density at radius 3 is 2.26 bits per heavy atom. The molecule has 0 spiro atoms. The van der Waals surface area contributed by atoms with E-state index in [1.54, 1.807) is 4.31 Å². The molecule has 4 nitrogen and oxygen atoms in total. The number of nitrogens with zero attached hydrogens (tertiary/aromatic N) is 1. The molecule has 1 heterocycles. The summed E-state index contributed by atoms with van der Waals surface area (Å²) in [4.78, 5) is 0. The van der Waals surface area contributed by atoms with E-state index in [1.807, 2.05) is 12.1 Å². The van der Waals surface area contributed by atoms with Crippen LogP contribution in [0.4, 0.5) is 4.39 Å². The molecule has 0 atom stereocenters. The monoisotopic (exact) mass is 340 g/mol. The summed E-state index contributed by atoms with van der Waals surface area (Å²) in [5, 5.41) is 0. The summed E-state index contributed by atoms with van der Waals surface area (Å²) >= 11 is 0. The van der Waals surface area contributed by atoms with Crippen molar-refractivity contribution in [3.63, 3.8) is 0 Å². The first-order valence-corrected chi connectivity index (χ1v) is 9.99. The summed E-state index contributed by atoms with van der Waals surface area (Å²) < 4.78 is 42.2. The predicted molar refractivity (Wildman–Crippen MR) is 88.7 cm³/mol. The molecule has 0 aromatic heterocycles. The Bertz CT molecular complexity index is 604. The minimum absolute atomic E-state index is 0.122. The summed E-state index contributed by atoms with van der Waals surface area (Å²) in [5.74, 6) is 0.256. The first-order chi connectivity index (χ1) is 11.0. The van der Waals surface area contributed by atoms with Gasteiger partial charge in [0, 0.05) is 19.1 Å². The van der Waals surface area contributed by atoms with Gasteiger partial charge in [-0.15, -0.1) is 0 Å². The predicted octanol–water partition coefficient (Wildman–Crippen LogP) is 2.86. The van der Waals surface area contributed by atoms with Crippen molar-refractivity contribution < 1.29 is 12.8 Å². The standard InChI is InChI=1S/C17H25FN2O2S/c18-16-7-5-14(6-8-16)13-15-9-11-20(12-10-15)23(21,22)19-17-3-1-2-4-17/h5-8,15,17,19H,1-4,9-13H2. The van der Waals surface area contributed by atoms with Crippen molar-refractivity contribution in [2.75, 3.05) is 13.1 Å². The Morgan fingerprint density at radius 2 is 1.65 bits per heavy atom. The van der Waals surface area contributed by atoms with Crippen LogP contribution in [0.5, 0.6) is 0 Å². The highest BCUT2D eigenvalue weighted by Gasteiger charge is 2.30. The number of hydrogen-bond acceptors (Lipinski definition) is 2. The summed E-state index contributed by atoms with van der Waals surface area (Å²) in [5.41, 5.74) is 1.12. The van der Waals surface area contributed by atoms with Gasteiger partial charge in [0.2, 0.25) is 0 Å². The van der Waals surface area contributed by atoms with E-state index in [4.69, 9.17) is 0 Å². The van der Waals surface area contributed by atoms with E-state index in [-0.39, 0.29) is 11.9 Å². The molecule has 6 heteroatoms. The molecule has 2 fully saturated rings. The maximum absolute atomic E-state index is 12.9. The van der Waals surface area contributed by atoms with Gasteiger partial charge in [0.25, 0.3) is 10.2 Å². The SMILES string of the molecule is O=S(=O)(NC1CCCC1)N1CCC(Cc2ccc(F)cc2)CC1. The zero-order chi connectivity index (χ0) is 16.3. The van der Waals surface area contributed by atoms with E-state index in [1.165, 1.54) is 12.1 Å². The second-order valence-electron chi connectivity index (χ2n) is 6.78. The van der Waals surface area contributed by atoms with E-state index in [0.29, 0.717) is 19.0 Å². The molecular formula is C17H25FN2O2S. The van der Waals surface area contributed by atoms with Crippen molar-refractivity contribution >= 4 is 10.2 Å². The van der Waals surface area contributed by atoms with Crippen molar-refractivity contribution in [2.45, 2.75) is 51.0 Å². The third-order valence-corrected chi connectivity index (χ3v) is 6.70. The molecule has 1 saturated carbocycles. The van der Waals surface area contributed by atoms with Crippen molar-refractivity contribution in [1.82, 2.24) is 9.03 Å². The maximum Gasteiger partial charge on any atom is 0.279 e. The maximum atomic E-state index is 12.9. The number of rotatable bonds is 5. The molecule has 23 heavy (non-hydrogen) atoms. The minimum atomic E-state index is -3.33. The molecule has 1 aliphatic heterocycles. The first kappa shape index (κ1) is 16.9. The van der Waals surface area contributed by atoms with Crippen LogP contribution < -0.4 is 4.72 Å². The Balaban J connectivity index is 1.50. The van der Waals surface area contributed by atoms with E-state index < -0.39 is 10.2 Å². The summed E-state index contributed by atoms with van der Waals surface area (Å²) in [6, 6.07) is 6.73. The van der Waals surface area contributed by atoms with Gasteiger partial charge in [0.15, 0.2) is 0 Å². The van der Waals surface area contributed by atoms with Crippen LogP contribution in [0.1, 0.15) is 44.1 Å². The largest absolute Gasteiger partial charge is 0.279 e. The average molecular weight is 340 g/mol. The Labute approximate surface area is 138 Å². The van der Waals surface area contributed by atoms with Crippen molar-refractivity contribution in [3.05, 3.63) is 35.6 Å². The smallest absolute Gasteiger partial charge is 0.207 e. The quantitative estimate of drug-likeness (QED) is 0.896. The lowest BCUT2D eigenvalue weighted by Crippen LogP contribution is -2.47. The Morgan fingerprint density at radius 1 is 1.04 bits per heavy atom. The number of benzene rings is 1. The highest BCUT2D eigenvalue weighted by atomic mass is 32.2. The first-order valence-electron chi connectivity index (χ1n) is 8.55. The third kappa shape index (κ3) is 4.52. The van der Waals surface area contributed by atoms with Crippen LogP contribution in [0.15, 0.2) is 24.3 Å². The molecule has 1 N–H and O–H groups in total. The van der Waals surface area contributed by atoms with Gasteiger partial charge in [-0.3, -0.25) is 0 Å². The molecule has 3 rings (SSSR count). The Kier molecular flexibility index (Phi) is 5.34. The molecule has 0 bridgehead atoms. The summed E-state index contributed by atoms with van der Waals surface area (Å²) in [6.07, 6.45) is 6.77. The van der Waals surface area contributed by atoms with E-state index in [9.17, 15) is 12.8 Å². The van der Waals surface area contributed by atoms with Gasteiger partial charge >= 0.3 is 0 Å². The highest BCUT2D eigenvalue weighted by Crippen LogP contribution is 2.24. The van der Waals surface area contributed by atoms with E-state index in [0.717, 1.165) is 50.5 Å². The van der Waals surface area contributed by atoms with Gasteiger partial charge in [-0.05, 0) is 55.7 Å². The van der Waals surface area contributed by atoms with Crippen LogP contribution >= 0.6 is 0 Å². The van der Waals surface area contributed by atoms with E-state index >= 15 is 0 Å². The lowest BCUT2D eigenvalue weighted by Gasteiger charge is -2.32. The zero-order valence-corrected chi connectivity index (χ0v) is 14.2. The number of hydrogen-bond donors (Lipinski definition) is 1. The van der Waals surface area contributed by atoms with Crippen LogP contribution in [0.25, 0.3) is 0 Å². The van der Waals surface area contributed by atoms with Crippen molar-refractivity contribution in [1.29, 1.82) is 0 Å². The van der Waals surface area contributed by atoms with Crippen LogP contribution in [0, 0.1) is 11.7 Å². The van der Waals surface area contributed by atoms with Crippen LogP contribution in [-0.2, 0) is 16.6 Å². The van der Waals surface area contributed by atoms with E-state index in [2.05, 4.69) is 4.72 Å². The molecule has 1 aliphatic carbocycles. The topological polar surface area (TPSA) is 49.4 Å².